The van der Waals surface area contributed by atoms with Gasteiger partial charge < -0.3 is 20.3 Å². The number of likely N-dealkylation sites (N-methyl/N-ethyl adjacent to an activating group) is 1. The van der Waals surface area contributed by atoms with Crippen LogP contribution in [0.5, 0.6) is 5.75 Å². The van der Waals surface area contributed by atoms with E-state index in [4.69, 9.17) is 10.5 Å². The number of nitrogens with zero attached hydrogens (tertiary/aromatic N) is 2. The number of nitrogens with two attached hydrogens (primary N) is 1. The molecule has 0 aromatic heterocycles. The van der Waals surface area contributed by atoms with Crippen LogP contribution in [0.3, 0.4) is 0 Å². The molecule has 0 radical (unpaired) electrons. The van der Waals surface area contributed by atoms with Gasteiger partial charge in [0.25, 0.3) is 5.91 Å². The predicted molar refractivity (Wildman–Crippen MR) is 80.6 cm³/mol. The van der Waals surface area contributed by atoms with Gasteiger partial charge in [0.15, 0.2) is 6.61 Å². The lowest BCUT2D eigenvalue weighted by Crippen LogP contribution is -2.33. The molecule has 0 aliphatic rings. The van der Waals surface area contributed by atoms with Crippen LogP contribution in [-0.4, -0.2) is 56.5 Å². The van der Waals surface area contributed by atoms with Gasteiger partial charge in [-0.25, -0.2) is 0 Å². The van der Waals surface area contributed by atoms with Crippen LogP contribution in [0.25, 0.3) is 0 Å². The van der Waals surface area contributed by atoms with Gasteiger partial charge in [-0.3, -0.25) is 4.79 Å². The molecular weight excluding hydrogens is 254 g/mol. The maximum Gasteiger partial charge on any atom is 0.260 e. The minimum atomic E-state index is -0.00772. The maximum absolute atomic E-state index is 11.9. The zero-order valence-corrected chi connectivity index (χ0v) is 12.6. The Hall–Kier alpha value is -1.59. The average molecular weight is 279 g/mol. The number of amides is 1. The summed E-state index contributed by atoms with van der Waals surface area (Å²) in [4.78, 5) is 15.7. The number of hydrogen-bond acceptors (Lipinski definition) is 4. The molecule has 0 fully saturated rings. The van der Waals surface area contributed by atoms with Crippen LogP contribution in [0.15, 0.2) is 24.3 Å². The van der Waals surface area contributed by atoms with Gasteiger partial charge in [0.2, 0.25) is 0 Å². The molecule has 0 saturated heterocycles. The lowest BCUT2D eigenvalue weighted by atomic mass is 10.2. The Morgan fingerprint density at radius 2 is 1.80 bits per heavy atom. The van der Waals surface area contributed by atoms with E-state index in [1.165, 1.54) is 0 Å². The Labute approximate surface area is 121 Å². The van der Waals surface area contributed by atoms with Gasteiger partial charge in [0.05, 0.1) is 0 Å². The highest BCUT2D eigenvalue weighted by molar-refractivity contribution is 5.77. The van der Waals surface area contributed by atoms with Crippen LogP contribution >= 0.6 is 0 Å². The molecular formula is C15H25N3O2. The van der Waals surface area contributed by atoms with E-state index in [0.717, 1.165) is 25.1 Å². The van der Waals surface area contributed by atoms with Crippen molar-refractivity contribution in [2.75, 3.05) is 40.8 Å². The summed E-state index contributed by atoms with van der Waals surface area (Å²) in [6.45, 7) is 2.29. The lowest BCUT2D eigenvalue weighted by Gasteiger charge is -2.18. The summed E-state index contributed by atoms with van der Waals surface area (Å²) in [5.41, 5.74) is 6.57. The van der Waals surface area contributed by atoms with Crippen LogP contribution in [-0.2, 0) is 11.3 Å². The Kier molecular flexibility index (Phi) is 7.04. The van der Waals surface area contributed by atoms with Crippen LogP contribution in [0.1, 0.15) is 12.0 Å². The second-order valence-electron chi connectivity index (χ2n) is 5.11. The quantitative estimate of drug-likeness (QED) is 0.769. The molecule has 0 unspecified atom stereocenters. The summed E-state index contributed by atoms with van der Waals surface area (Å²) in [7, 11) is 5.85. The van der Waals surface area contributed by atoms with Gasteiger partial charge in [-0.1, -0.05) is 12.1 Å². The van der Waals surface area contributed by atoms with Crippen LogP contribution in [0.4, 0.5) is 0 Å². The second-order valence-corrected chi connectivity index (χ2v) is 5.11. The minimum Gasteiger partial charge on any atom is -0.484 e. The van der Waals surface area contributed by atoms with Crippen molar-refractivity contribution in [3.8, 4) is 5.75 Å². The number of carbonyl (C=O) groups is 1. The zero-order chi connectivity index (χ0) is 15.0. The molecule has 20 heavy (non-hydrogen) atoms. The molecule has 1 amide bonds. The zero-order valence-electron chi connectivity index (χ0n) is 12.6. The molecule has 112 valence electrons. The highest BCUT2D eigenvalue weighted by Crippen LogP contribution is 2.11. The first-order valence-corrected chi connectivity index (χ1v) is 6.83. The van der Waals surface area contributed by atoms with Crippen molar-refractivity contribution in [1.82, 2.24) is 9.80 Å². The van der Waals surface area contributed by atoms with Crippen molar-refractivity contribution < 1.29 is 9.53 Å². The normalized spacial score (nSPS) is 10.7. The van der Waals surface area contributed by atoms with E-state index in [2.05, 4.69) is 4.90 Å². The number of benzene rings is 1. The van der Waals surface area contributed by atoms with Crippen molar-refractivity contribution in [3.63, 3.8) is 0 Å². The smallest absolute Gasteiger partial charge is 0.260 e. The van der Waals surface area contributed by atoms with E-state index in [1.807, 2.05) is 38.4 Å². The molecule has 0 atom stereocenters. The van der Waals surface area contributed by atoms with Gasteiger partial charge >= 0.3 is 0 Å². The topological polar surface area (TPSA) is 58.8 Å². The van der Waals surface area contributed by atoms with Crippen molar-refractivity contribution in [1.29, 1.82) is 0 Å². The third kappa shape index (κ3) is 6.04. The van der Waals surface area contributed by atoms with Crippen LogP contribution in [0.2, 0.25) is 0 Å². The molecule has 0 heterocycles. The molecule has 1 aromatic rings. The molecule has 0 aliphatic carbocycles. The molecule has 0 aliphatic heterocycles. The molecule has 0 saturated carbocycles. The molecule has 1 aromatic carbocycles. The summed E-state index contributed by atoms with van der Waals surface area (Å²) in [6.07, 6.45) is 0.959. The fourth-order valence-electron chi connectivity index (χ4n) is 1.73. The number of hydrogen-bond donors (Lipinski definition) is 1. The summed E-state index contributed by atoms with van der Waals surface area (Å²) < 4.78 is 5.47. The molecule has 0 bridgehead atoms. The number of carbonyl (C=O) groups excluding carboxylic acids is 1. The summed E-state index contributed by atoms with van der Waals surface area (Å²) in [5, 5.41) is 0. The standard InChI is InChI=1S/C15H25N3O2/c1-17(2)9-4-10-18(3)15(19)12-20-14-7-5-13(11-16)6-8-14/h5-8H,4,9-12,16H2,1-3H3. The fourth-order valence-corrected chi connectivity index (χ4v) is 1.73. The monoisotopic (exact) mass is 279 g/mol. The SMILES string of the molecule is CN(C)CCCN(C)C(=O)COc1ccc(CN)cc1. The van der Waals surface area contributed by atoms with Gasteiger partial charge in [0, 0.05) is 20.1 Å². The summed E-state index contributed by atoms with van der Waals surface area (Å²) in [6, 6.07) is 7.48. The van der Waals surface area contributed by atoms with Crippen molar-refractivity contribution in [2.45, 2.75) is 13.0 Å². The van der Waals surface area contributed by atoms with Crippen LogP contribution < -0.4 is 10.5 Å². The van der Waals surface area contributed by atoms with E-state index >= 15 is 0 Å². The minimum absolute atomic E-state index is 0.00772. The number of ether oxygens (including phenoxy) is 1. The predicted octanol–water partition coefficient (Wildman–Crippen LogP) is 0.934. The van der Waals surface area contributed by atoms with E-state index in [0.29, 0.717) is 12.3 Å². The molecule has 2 N–H and O–H groups in total. The van der Waals surface area contributed by atoms with E-state index in [-0.39, 0.29) is 12.5 Å². The first-order chi connectivity index (χ1) is 9.52. The van der Waals surface area contributed by atoms with E-state index in [1.54, 1.807) is 11.9 Å². The maximum atomic E-state index is 11.9. The second kappa shape index (κ2) is 8.55. The molecule has 1 rings (SSSR count). The average Bonchev–Trinajstić information content (AvgIpc) is 2.44. The van der Waals surface area contributed by atoms with E-state index < -0.39 is 0 Å². The third-order valence-corrected chi connectivity index (χ3v) is 3.05. The van der Waals surface area contributed by atoms with Crippen LogP contribution in [0, 0.1) is 0 Å². The van der Waals surface area contributed by atoms with Crippen molar-refractivity contribution in [3.05, 3.63) is 29.8 Å². The van der Waals surface area contributed by atoms with Gasteiger partial charge in [-0.2, -0.15) is 0 Å². The van der Waals surface area contributed by atoms with Crippen molar-refractivity contribution >= 4 is 5.91 Å². The van der Waals surface area contributed by atoms with Crippen molar-refractivity contribution in [2.24, 2.45) is 5.73 Å². The third-order valence-electron chi connectivity index (χ3n) is 3.05. The molecule has 5 heteroatoms. The first-order valence-electron chi connectivity index (χ1n) is 6.83. The largest absolute Gasteiger partial charge is 0.484 e. The van der Waals surface area contributed by atoms with Gasteiger partial charge in [0.1, 0.15) is 5.75 Å². The summed E-state index contributed by atoms with van der Waals surface area (Å²) >= 11 is 0. The highest BCUT2D eigenvalue weighted by Gasteiger charge is 2.09. The fraction of sp³-hybridized carbons (Fsp3) is 0.533. The lowest BCUT2D eigenvalue weighted by molar-refractivity contribution is -0.132. The highest BCUT2D eigenvalue weighted by atomic mass is 16.5. The first kappa shape index (κ1) is 16.5. The Morgan fingerprint density at radius 3 is 2.35 bits per heavy atom. The molecule has 0 spiro atoms. The summed E-state index contributed by atoms with van der Waals surface area (Å²) in [5.74, 6) is 0.684. The van der Waals surface area contributed by atoms with Gasteiger partial charge in [-0.15, -0.1) is 0 Å². The Morgan fingerprint density at radius 1 is 1.15 bits per heavy atom. The Bertz CT molecular complexity index is 404. The number of rotatable bonds is 8. The van der Waals surface area contributed by atoms with Gasteiger partial charge in [-0.05, 0) is 44.8 Å². The molecule has 5 nitrogen and oxygen atoms in total. The Balaban J connectivity index is 2.30. The van der Waals surface area contributed by atoms with E-state index in [9.17, 15) is 4.79 Å².